The Morgan fingerprint density at radius 1 is 0.812 bits per heavy atom. The average molecular weight is 447 g/mol. The zero-order valence-corrected chi connectivity index (χ0v) is 19.0. The van der Waals surface area contributed by atoms with Gasteiger partial charge in [-0.3, -0.25) is 14.4 Å². The van der Waals surface area contributed by atoms with E-state index in [2.05, 4.69) is 0 Å². The van der Waals surface area contributed by atoms with Crippen LogP contribution in [0.4, 0.5) is 0 Å². The zero-order chi connectivity index (χ0) is 22.9. The van der Waals surface area contributed by atoms with Crippen LogP contribution in [0.1, 0.15) is 61.7 Å². The molecule has 32 heavy (non-hydrogen) atoms. The third-order valence-electron chi connectivity index (χ3n) is 6.83. The van der Waals surface area contributed by atoms with Crippen LogP contribution in [0.2, 0.25) is 0 Å². The molecule has 0 unspecified atom stereocenters. The lowest BCUT2D eigenvalue weighted by molar-refractivity contribution is -0.147. The van der Waals surface area contributed by atoms with E-state index >= 15 is 0 Å². The van der Waals surface area contributed by atoms with E-state index in [1.54, 1.807) is 12.1 Å². The fourth-order valence-electron chi connectivity index (χ4n) is 4.72. The van der Waals surface area contributed by atoms with Gasteiger partial charge >= 0.3 is 11.9 Å². The van der Waals surface area contributed by atoms with Crippen LogP contribution in [0.15, 0.2) is 18.2 Å². The highest BCUT2D eigenvalue weighted by Gasteiger charge is 2.28. The summed E-state index contributed by atoms with van der Waals surface area (Å²) in [7, 11) is 2.87. The van der Waals surface area contributed by atoms with Crippen molar-refractivity contribution in [2.75, 3.05) is 27.4 Å². The SMILES string of the molecule is COC(=O)C1CCC(COc2ccc(OCC3CCC(C(=O)OC)CC3)c(C=O)c2)CC1. The fourth-order valence-corrected chi connectivity index (χ4v) is 4.72. The van der Waals surface area contributed by atoms with Crippen molar-refractivity contribution in [3.63, 3.8) is 0 Å². The van der Waals surface area contributed by atoms with Gasteiger partial charge in [-0.05, 0) is 81.4 Å². The number of methoxy groups -OCH3 is 2. The van der Waals surface area contributed by atoms with E-state index in [1.165, 1.54) is 14.2 Å². The molecule has 0 spiro atoms. The number of esters is 2. The predicted molar refractivity (Wildman–Crippen MR) is 118 cm³/mol. The van der Waals surface area contributed by atoms with Gasteiger partial charge in [0.1, 0.15) is 11.5 Å². The Labute approximate surface area is 189 Å². The molecule has 0 saturated heterocycles. The maximum absolute atomic E-state index is 11.7. The highest BCUT2D eigenvalue weighted by atomic mass is 16.5. The monoisotopic (exact) mass is 446 g/mol. The van der Waals surface area contributed by atoms with Crippen molar-refractivity contribution in [1.29, 1.82) is 0 Å². The van der Waals surface area contributed by atoms with Gasteiger partial charge in [-0.1, -0.05) is 0 Å². The van der Waals surface area contributed by atoms with Crippen molar-refractivity contribution in [2.45, 2.75) is 51.4 Å². The Morgan fingerprint density at radius 2 is 1.31 bits per heavy atom. The minimum Gasteiger partial charge on any atom is -0.493 e. The number of benzene rings is 1. The molecular weight excluding hydrogens is 412 g/mol. The number of rotatable bonds is 9. The van der Waals surface area contributed by atoms with Crippen molar-refractivity contribution in [3.8, 4) is 11.5 Å². The first-order chi connectivity index (χ1) is 15.5. The van der Waals surface area contributed by atoms with Gasteiger partial charge in [0.05, 0.1) is 44.8 Å². The number of ether oxygens (including phenoxy) is 4. The predicted octanol–water partition coefficient (Wildman–Crippen LogP) is 4.22. The number of carbonyl (C=O) groups excluding carboxylic acids is 3. The number of carbonyl (C=O) groups is 3. The molecule has 3 rings (SSSR count). The first-order valence-electron chi connectivity index (χ1n) is 11.5. The van der Waals surface area contributed by atoms with Crippen LogP contribution in [0.5, 0.6) is 11.5 Å². The third kappa shape index (κ3) is 6.47. The minimum atomic E-state index is -0.125. The summed E-state index contributed by atoms with van der Waals surface area (Å²) in [5.41, 5.74) is 0.472. The summed E-state index contributed by atoms with van der Waals surface area (Å²) < 4.78 is 21.5. The summed E-state index contributed by atoms with van der Waals surface area (Å²) in [6.07, 6.45) is 7.76. The van der Waals surface area contributed by atoms with E-state index < -0.39 is 0 Å². The molecule has 0 bridgehead atoms. The first-order valence-corrected chi connectivity index (χ1v) is 11.5. The lowest BCUT2D eigenvalue weighted by atomic mass is 9.82. The van der Waals surface area contributed by atoms with Crippen LogP contribution >= 0.6 is 0 Å². The van der Waals surface area contributed by atoms with Crippen LogP contribution < -0.4 is 9.47 Å². The zero-order valence-electron chi connectivity index (χ0n) is 19.0. The molecule has 7 nitrogen and oxygen atoms in total. The second-order valence-electron chi connectivity index (χ2n) is 8.92. The van der Waals surface area contributed by atoms with Gasteiger partial charge in [-0.15, -0.1) is 0 Å². The van der Waals surface area contributed by atoms with E-state index in [1.807, 2.05) is 6.07 Å². The van der Waals surface area contributed by atoms with Crippen LogP contribution in [-0.2, 0) is 19.1 Å². The van der Waals surface area contributed by atoms with Gasteiger partial charge in [-0.2, -0.15) is 0 Å². The summed E-state index contributed by atoms with van der Waals surface area (Å²) in [5, 5.41) is 0. The molecule has 1 aromatic rings. The highest BCUT2D eigenvalue weighted by molar-refractivity contribution is 5.80. The molecule has 2 saturated carbocycles. The molecule has 2 fully saturated rings. The van der Waals surface area contributed by atoms with E-state index in [9.17, 15) is 14.4 Å². The maximum atomic E-state index is 11.7. The molecule has 1 aromatic carbocycles. The third-order valence-corrected chi connectivity index (χ3v) is 6.83. The lowest BCUT2D eigenvalue weighted by Crippen LogP contribution is -2.25. The molecular formula is C25H34O7. The second-order valence-corrected chi connectivity index (χ2v) is 8.92. The number of hydrogen-bond acceptors (Lipinski definition) is 7. The molecule has 2 aliphatic rings. The van der Waals surface area contributed by atoms with E-state index in [4.69, 9.17) is 18.9 Å². The molecule has 176 valence electrons. The molecule has 7 heteroatoms. The Bertz CT molecular complexity index is 774. The largest absolute Gasteiger partial charge is 0.493 e. The van der Waals surface area contributed by atoms with Crippen LogP contribution in [-0.4, -0.2) is 45.7 Å². The van der Waals surface area contributed by atoms with Crippen molar-refractivity contribution in [2.24, 2.45) is 23.7 Å². The lowest BCUT2D eigenvalue weighted by Gasteiger charge is -2.27. The van der Waals surface area contributed by atoms with Gasteiger partial charge in [0, 0.05) is 0 Å². The van der Waals surface area contributed by atoms with Crippen molar-refractivity contribution < 1.29 is 33.3 Å². The van der Waals surface area contributed by atoms with Crippen molar-refractivity contribution in [1.82, 2.24) is 0 Å². The standard InChI is InChI=1S/C25H34O7/c1-29-24(27)19-7-3-17(4-8-19)15-31-22-11-12-23(21(13-22)14-26)32-16-18-5-9-20(10-6-18)25(28)30-2/h11-14,17-20H,3-10,15-16H2,1-2H3. The molecule has 0 radical (unpaired) electrons. The quantitative estimate of drug-likeness (QED) is 0.415. The number of hydrogen-bond donors (Lipinski definition) is 0. The van der Waals surface area contributed by atoms with Gasteiger partial charge in [0.25, 0.3) is 0 Å². The summed E-state index contributed by atoms with van der Waals surface area (Å²) in [4.78, 5) is 34.9. The minimum absolute atomic E-state index is 0.00450. The Morgan fingerprint density at radius 3 is 1.78 bits per heavy atom. The Balaban J connectivity index is 1.44. The van der Waals surface area contributed by atoms with Crippen LogP contribution in [0.3, 0.4) is 0 Å². The van der Waals surface area contributed by atoms with Gasteiger partial charge in [0.2, 0.25) is 0 Å². The fraction of sp³-hybridized carbons (Fsp3) is 0.640. The number of aldehydes is 1. The van der Waals surface area contributed by atoms with E-state index in [-0.39, 0.29) is 23.8 Å². The smallest absolute Gasteiger partial charge is 0.308 e. The van der Waals surface area contributed by atoms with Crippen LogP contribution in [0, 0.1) is 23.7 Å². The summed E-state index contributed by atoms with van der Waals surface area (Å²) in [6, 6.07) is 5.33. The maximum Gasteiger partial charge on any atom is 0.308 e. The van der Waals surface area contributed by atoms with E-state index in [0.29, 0.717) is 42.1 Å². The molecule has 0 amide bonds. The molecule has 0 atom stereocenters. The summed E-state index contributed by atoms with van der Waals surface area (Å²) in [5.74, 6) is 1.72. The highest BCUT2D eigenvalue weighted by Crippen LogP contribution is 2.32. The molecule has 0 heterocycles. The molecule has 0 N–H and O–H groups in total. The first kappa shape index (κ1) is 24.1. The van der Waals surface area contributed by atoms with Crippen molar-refractivity contribution >= 4 is 18.2 Å². The van der Waals surface area contributed by atoms with Gasteiger partial charge in [-0.25, -0.2) is 0 Å². The summed E-state index contributed by atoms with van der Waals surface area (Å²) in [6.45, 7) is 1.09. The van der Waals surface area contributed by atoms with Crippen LogP contribution in [0.25, 0.3) is 0 Å². The normalized spacial score (nSPS) is 25.4. The molecule has 0 aliphatic heterocycles. The molecule has 0 aromatic heterocycles. The van der Waals surface area contributed by atoms with E-state index in [0.717, 1.165) is 57.7 Å². The van der Waals surface area contributed by atoms with Gasteiger partial charge in [0.15, 0.2) is 6.29 Å². The second kappa shape index (κ2) is 11.9. The Kier molecular flexibility index (Phi) is 8.94. The Hall–Kier alpha value is -2.57. The molecule has 2 aliphatic carbocycles. The van der Waals surface area contributed by atoms with Crippen molar-refractivity contribution in [3.05, 3.63) is 23.8 Å². The summed E-state index contributed by atoms with van der Waals surface area (Å²) >= 11 is 0. The topological polar surface area (TPSA) is 88.1 Å². The van der Waals surface area contributed by atoms with Gasteiger partial charge < -0.3 is 18.9 Å². The average Bonchev–Trinajstić information content (AvgIpc) is 2.86.